The number of benzene rings is 2. The number of aryl methyl sites for hydroxylation is 1. The lowest BCUT2D eigenvalue weighted by atomic mass is 10.3. The third kappa shape index (κ3) is 6.10. The van der Waals surface area contributed by atoms with Crippen molar-refractivity contribution in [3.63, 3.8) is 0 Å². The standard InChI is InChI=1S/C23H28FN5O3S/c1-5-29(6-2)23-15-22(25-16(4)26-23)27-17-8-10-18(11-9-17)28-33(30,31)19-12-13-21(32-7-3)20(24)14-19/h8-15,28H,5-7H2,1-4H3,(H,25,26,27). The van der Waals surface area contributed by atoms with Gasteiger partial charge in [-0.1, -0.05) is 0 Å². The van der Waals surface area contributed by atoms with E-state index in [9.17, 15) is 12.8 Å². The van der Waals surface area contributed by atoms with Gasteiger partial charge in [-0.15, -0.1) is 0 Å². The molecule has 10 heteroatoms. The molecule has 8 nitrogen and oxygen atoms in total. The van der Waals surface area contributed by atoms with E-state index >= 15 is 0 Å². The van der Waals surface area contributed by atoms with Crippen LogP contribution in [-0.4, -0.2) is 38.1 Å². The monoisotopic (exact) mass is 473 g/mol. The summed E-state index contributed by atoms with van der Waals surface area (Å²) in [5.41, 5.74) is 1.08. The number of nitrogens with one attached hydrogen (secondary N) is 2. The van der Waals surface area contributed by atoms with Crippen LogP contribution in [0.25, 0.3) is 0 Å². The molecule has 0 radical (unpaired) electrons. The molecule has 0 saturated carbocycles. The van der Waals surface area contributed by atoms with E-state index in [1.165, 1.54) is 12.1 Å². The van der Waals surface area contributed by atoms with Gasteiger partial charge in [-0.3, -0.25) is 4.72 Å². The number of nitrogens with zero attached hydrogens (tertiary/aromatic N) is 3. The highest BCUT2D eigenvalue weighted by Crippen LogP contribution is 2.25. The predicted molar refractivity (Wildman–Crippen MR) is 128 cm³/mol. The van der Waals surface area contributed by atoms with Crippen LogP contribution in [-0.2, 0) is 10.0 Å². The zero-order chi connectivity index (χ0) is 24.0. The first-order valence-electron chi connectivity index (χ1n) is 10.7. The van der Waals surface area contributed by atoms with Crippen molar-refractivity contribution in [1.82, 2.24) is 9.97 Å². The number of aromatic nitrogens is 2. The van der Waals surface area contributed by atoms with Crippen molar-refractivity contribution in [2.75, 3.05) is 34.6 Å². The molecule has 176 valence electrons. The fourth-order valence-corrected chi connectivity index (χ4v) is 4.30. The Balaban J connectivity index is 1.74. The Labute approximate surface area is 193 Å². The molecule has 0 aliphatic rings. The van der Waals surface area contributed by atoms with Gasteiger partial charge < -0.3 is 15.0 Å². The van der Waals surface area contributed by atoms with E-state index in [4.69, 9.17) is 4.74 Å². The topological polar surface area (TPSA) is 96.5 Å². The molecule has 1 aromatic heterocycles. The summed E-state index contributed by atoms with van der Waals surface area (Å²) >= 11 is 0. The normalized spacial score (nSPS) is 11.2. The third-order valence-electron chi connectivity index (χ3n) is 4.83. The Kier molecular flexibility index (Phi) is 7.70. The summed E-state index contributed by atoms with van der Waals surface area (Å²) < 4.78 is 46.9. The molecule has 0 amide bonds. The highest BCUT2D eigenvalue weighted by Gasteiger charge is 2.17. The minimum absolute atomic E-state index is 0.0102. The van der Waals surface area contributed by atoms with Gasteiger partial charge in [0, 0.05) is 30.5 Å². The second-order valence-corrected chi connectivity index (χ2v) is 8.85. The molecule has 0 aliphatic heterocycles. The first-order chi connectivity index (χ1) is 15.7. The molecule has 0 bridgehead atoms. The van der Waals surface area contributed by atoms with Gasteiger partial charge in [-0.25, -0.2) is 22.8 Å². The van der Waals surface area contributed by atoms with Crippen molar-refractivity contribution >= 4 is 33.0 Å². The maximum atomic E-state index is 14.1. The van der Waals surface area contributed by atoms with Gasteiger partial charge >= 0.3 is 0 Å². The fraction of sp³-hybridized carbons (Fsp3) is 0.304. The van der Waals surface area contributed by atoms with E-state index in [0.717, 1.165) is 30.7 Å². The van der Waals surface area contributed by atoms with Crippen molar-refractivity contribution in [1.29, 1.82) is 0 Å². The molecule has 1 heterocycles. The second kappa shape index (κ2) is 10.5. The fourth-order valence-electron chi connectivity index (χ4n) is 3.23. The molecule has 33 heavy (non-hydrogen) atoms. The SMILES string of the molecule is CCOc1ccc(S(=O)(=O)Nc2ccc(Nc3cc(N(CC)CC)nc(C)n3)cc2)cc1F. The Morgan fingerprint density at radius 3 is 2.24 bits per heavy atom. The van der Waals surface area contributed by atoms with Gasteiger partial charge in [-0.05, 0) is 70.2 Å². The van der Waals surface area contributed by atoms with Crippen molar-refractivity contribution in [2.45, 2.75) is 32.6 Å². The molecule has 0 unspecified atom stereocenters. The van der Waals surface area contributed by atoms with Crippen molar-refractivity contribution in [3.8, 4) is 5.75 Å². The summed E-state index contributed by atoms with van der Waals surface area (Å²) in [6.07, 6.45) is 0. The molecule has 3 rings (SSSR count). The minimum atomic E-state index is -3.96. The number of sulfonamides is 1. The number of ether oxygens (including phenoxy) is 1. The summed E-state index contributed by atoms with van der Waals surface area (Å²) in [5.74, 6) is 1.40. The van der Waals surface area contributed by atoms with Gasteiger partial charge in [0.2, 0.25) is 0 Å². The molecule has 0 aliphatic carbocycles. The summed E-state index contributed by atoms with van der Waals surface area (Å²) in [6, 6.07) is 12.1. The van der Waals surface area contributed by atoms with Gasteiger partial charge in [-0.2, -0.15) is 0 Å². The Hall–Kier alpha value is -3.40. The average Bonchev–Trinajstić information content (AvgIpc) is 2.77. The van der Waals surface area contributed by atoms with Crippen LogP contribution in [0.5, 0.6) is 5.75 Å². The van der Waals surface area contributed by atoms with E-state index in [-0.39, 0.29) is 17.3 Å². The average molecular weight is 474 g/mol. The maximum Gasteiger partial charge on any atom is 0.262 e. The Morgan fingerprint density at radius 2 is 1.64 bits per heavy atom. The molecule has 0 fully saturated rings. The number of rotatable bonds is 10. The molecule has 0 atom stereocenters. The van der Waals surface area contributed by atoms with Crippen molar-refractivity contribution < 1.29 is 17.5 Å². The van der Waals surface area contributed by atoms with E-state index in [2.05, 4.69) is 38.8 Å². The maximum absolute atomic E-state index is 14.1. The summed E-state index contributed by atoms with van der Waals surface area (Å²) in [7, 11) is -3.96. The summed E-state index contributed by atoms with van der Waals surface area (Å²) in [6.45, 7) is 9.64. The lowest BCUT2D eigenvalue weighted by Gasteiger charge is -2.20. The molecule has 0 spiro atoms. The largest absolute Gasteiger partial charge is 0.491 e. The number of anilines is 4. The lowest BCUT2D eigenvalue weighted by Crippen LogP contribution is -2.23. The van der Waals surface area contributed by atoms with Crippen LogP contribution in [0, 0.1) is 12.7 Å². The lowest BCUT2D eigenvalue weighted by molar-refractivity contribution is 0.321. The van der Waals surface area contributed by atoms with Crippen LogP contribution in [0.2, 0.25) is 0 Å². The van der Waals surface area contributed by atoms with Gasteiger partial charge in [0.25, 0.3) is 10.0 Å². The second-order valence-electron chi connectivity index (χ2n) is 7.16. The van der Waals surface area contributed by atoms with Crippen LogP contribution in [0.1, 0.15) is 26.6 Å². The van der Waals surface area contributed by atoms with Gasteiger partial charge in [0.1, 0.15) is 17.5 Å². The number of halogens is 1. The number of hydrogen-bond acceptors (Lipinski definition) is 7. The van der Waals surface area contributed by atoms with E-state index < -0.39 is 15.8 Å². The molecular formula is C23H28FN5O3S. The molecule has 2 N–H and O–H groups in total. The van der Waals surface area contributed by atoms with E-state index in [1.807, 2.05) is 13.0 Å². The first kappa shape index (κ1) is 24.2. The smallest absolute Gasteiger partial charge is 0.262 e. The van der Waals surface area contributed by atoms with Crippen molar-refractivity contribution in [2.24, 2.45) is 0 Å². The van der Waals surface area contributed by atoms with E-state index in [0.29, 0.717) is 17.3 Å². The minimum Gasteiger partial charge on any atom is -0.491 e. The van der Waals surface area contributed by atoms with Gasteiger partial charge in [0.05, 0.1) is 11.5 Å². The highest BCUT2D eigenvalue weighted by molar-refractivity contribution is 7.92. The first-order valence-corrected chi connectivity index (χ1v) is 12.2. The zero-order valence-corrected chi connectivity index (χ0v) is 19.9. The summed E-state index contributed by atoms with van der Waals surface area (Å²) in [4.78, 5) is 10.8. The predicted octanol–water partition coefficient (Wildman–Crippen LogP) is 4.71. The highest BCUT2D eigenvalue weighted by atomic mass is 32.2. The van der Waals surface area contributed by atoms with Crippen molar-refractivity contribution in [3.05, 3.63) is 60.2 Å². The van der Waals surface area contributed by atoms with E-state index in [1.54, 1.807) is 31.2 Å². The molecule has 0 saturated heterocycles. The van der Waals surface area contributed by atoms with Crippen LogP contribution in [0.15, 0.2) is 53.4 Å². The van der Waals surface area contributed by atoms with Crippen LogP contribution < -0.4 is 19.7 Å². The third-order valence-corrected chi connectivity index (χ3v) is 6.21. The van der Waals surface area contributed by atoms with Crippen LogP contribution in [0.3, 0.4) is 0 Å². The Morgan fingerprint density at radius 1 is 0.970 bits per heavy atom. The number of hydrogen-bond donors (Lipinski definition) is 2. The van der Waals surface area contributed by atoms with Crippen LogP contribution in [0.4, 0.5) is 27.4 Å². The molecular weight excluding hydrogens is 445 g/mol. The van der Waals surface area contributed by atoms with Gasteiger partial charge in [0.15, 0.2) is 11.6 Å². The zero-order valence-electron chi connectivity index (χ0n) is 19.1. The van der Waals surface area contributed by atoms with Crippen LogP contribution >= 0.6 is 0 Å². The Bertz CT molecular complexity index is 1200. The quantitative estimate of drug-likeness (QED) is 0.440. The molecule has 3 aromatic rings. The summed E-state index contributed by atoms with van der Waals surface area (Å²) in [5, 5.41) is 3.22. The molecule has 2 aromatic carbocycles.